The Bertz CT molecular complexity index is 122. The fourth-order valence-corrected chi connectivity index (χ4v) is 2.39. The van der Waals surface area contributed by atoms with Crippen molar-refractivity contribution in [1.29, 1.82) is 0 Å². The minimum Gasteiger partial charge on any atom is -0.314 e. The van der Waals surface area contributed by atoms with Crippen molar-refractivity contribution in [1.82, 2.24) is 5.32 Å². The lowest BCUT2D eigenvalue weighted by Crippen LogP contribution is -2.48. The quantitative estimate of drug-likeness (QED) is 0.646. The summed E-state index contributed by atoms with van der Waals surface area (Å²) in [5.41, 5.74) is 0.438. The maximum Gasteiger partial charge on any atom is 0.0178 e. The summed E-state index contributed by atoms with van der Waals surface area (Å²) in [6.45, 7) is 4.69. The van der Waals surface area contributed by atoms with Crippen LogP contribution in [0.4, 0.5) is 0 Å². The second-order valence-electron chi connectivity index (χ2n) is 4.02. The summed E-state index contributed by atoms with van der Waals surface area (Å²) < 4.78 is 0. The third-order valence-corrected chi connectivity index (χ3v) is 3.46. The Kier molecular flexibility index (Phi) is 2.94. The van der Waals surface area contributed by atoms with E-state index in [-0.39, 0.29) is 0 Å². The highest BCUT2D eigenvalue weighted by molar-refractivity contribution is 4.91. The van der Waals surface area contributed by atoms with Crippen molar-refractivity contribution in [2.45, 2.75) is 51.5 Å². The van der Waals surface area contributed by atoms with Crippen LogP contribution in [0.3, 0.4) is 0 Å². The van der Waals surface area contributed by atoms with Crippen LogP contribution in [0.2, 0.25) is 0 Å². The van der Waals surface area contributed by atoms with E-state index in [1.54, 1.807) is 0 Å². The van der Waals surface area contributed by atoms with Crippen LogP contribution < -0.4 is 5.32 Å². The molecule has 0 amide bonds. The van der Waals surface area contributed by atoms with E-state index in [1.165, 1.54) is 32.1 Å². The second kappa shape index (κ2) is 3.57. The van der Waals surface area contributed by atoms with Gasteiger partial charge in [0.05, 0.1) is 0 Å². The largest absolute Gasteiger partial charge is 0.314 e. The van der Waals surface area contributed by atoms with Crippen molar-refractivity contribution in [2.75, 3.05) is 7.05 Å². The van der Waals surface area contributed by atoms with Crippen molar-refractivity contribution in [2.24, 2.45) is 5.92 Å². The van der Waals surface area contributed by atoms with Crippen LogP contribution in [0.25, 0.3) is 0 Å². The molecular weight excluding hydrogens is 134 g/mol. The van der Waals surface area contributed by atoms with Crippen LogP contribution in [-0.2, 0) is 0 Å². The summed E-state index contributed by atoms with van der Waals surface area (Å²) in [5, 5.41) is 3.48. The lowest BCUT2D eigenvalue weighted by molar-refractivity contribution is 0.166. The van der Waals surface area contributed by atoms with Gasteiger partial charge in [0.15, 0.2) is 0 Å². The zero-order valence-electron chi connectivity index (χ0n) is 8.11. The molecule has 1 fully saturated rings. The summed E-state index contributed by atoms with van der Waals surface area (Å²) in [6.07, 6.45) is 6.97. The summed E-state index contributed by atoms with van der Waals surface area (Å²) >= 11 is 0. The molecule has 2 unspecified atom stereocenters. The van der Waals surface area contributed by atoms with Crippen LogP contribution in [0, 0.1) is 5.92 Å². The van der Waals surface area contributed by atoms with Crippen LogP contribution in [0.5, 0.6) is 0 Å². The minimum atomic E-state index is 0.438. The smallest absolute Gasteiger partial charge is 0.0178 e. The number of hydrogen-bond donors (Lipinski definition) is 1. The highest BCUT2D eigenvalue weighted by atomic mass is 14.9. The van der Waals surface area contributed by atoms with Crippen LogP contribution in [-0.4, -0.2) is 12.6 Å². The van der Waals surface area contributed by atoms with Crippen LogP contribution in [0.15, 0.2) is 0 Å². The van der Waals surface area contributed by atoms with Gasteiger partial charge in [-0.05, 0) is 32.7 Å². The van der Waals surface area contributed by atoms with Gasteiger partial charge in [0.2, 0.25) is 0 Å². The predicted molar refractivity (Wildman–Crippen MR) is 49.7 cm³/mol. The maximum absolute atomic E-state index is 3.48. The molecule has 0 bridgehead atoms. The molecule has 1 aliphatic carbocycles. The molecule has 1 saturated carbocycles. The molecular formula is C10H21N. The predicted octanol–water partition coefficient (Wildman–Crippen LogP) is 2.56. The monoisotopic (exact) mass is 155 g/mol. The average Bonchev–Trinajstić information content (AvgIpc) is 2.05. The Labute approximate surface area is 70.6 Å². The van der Waals surface area contributed by atoms with Gasteiger partial charge in [0.25, 0.3) is 0 Å². The molecule has 0 radical (unpaired) electrons. The molecule has 0 aromatic carbocycles. The molecule has 1 N–H and O–H groups in total. The van der Waals surface area contributed by atoms with E-state index in [1.807, 2.05) is 0 Å². The molecule has 0 aliphatic heterocycles. The molecule has 0 heterocycles. The average molecular weight is 155 g/mol. The number of rotatable bonds is 2. The first-order valence-electron chi connectivity index (χ1n) is 4.92. The third-order valence-electron chi connectivity index (χ3n) is 3.46. The lowest BCUT2D eigenvalue weighted by Gasteiger charge is -2.41. The summed E-state index contributed by atoms with van der Waals surface area (Å²) in [4.78, 5) is 0. The van der Waals surface area contributed by atoms with Crippen molar-refractivity contribution < 1.29 is 0 Å². The highest BCUT2D eigenvalue weighted by Crippen LogP contribution is 2.34. The second-order valence-corrected chi connectivity index (χ2v) is 4.02. The van der Waals surface area contributed by atoms with E-state index in [0.29, 0.717) is 5.54 Å². The number of hydrogen-bond acceptors (Lipinski definition) is 1. The molecule has 11 heavy (non-hydrogen) atoms. The SMILES string of the molecule is CCC1CCCCC1(C)NC. The van der Waals surface area contributed by atoms with Gasteiger partial charge >= 0.3 is 0 Å². The Morgan fingerprint density at radius 3 is 2.64 bits per heavy atom. The van der Waals surface area contributed by atoms with Gasteiger partial charge in [-0.25, -0.2) is 0 Å². The molecule has 2 atom stereocenters. The zero-order chi connectivity index (χ0) is 8.32. The Hall–Kier alpha value is -0.0400. The van der Waals surface area contributed by atoms with Crippen molar-refractivity contribution in [3.8, 4) is 0 Å². The normalized spacial score (nSPS) is 39.0. The van der Waals surface area contributed by atoms with Gasteiger partial charge in [0, 0.05) is 5.54 Å². The van der Waals surface area contributed by atoms with E-state index >= 15 is 0 Å². The molecule has 1 aliphatic rings. The number of nitrogens with one attached hydrogen (secondary N) is 1. The van der Waals surface area contributed by atoms with E-state index in [0.717, 1.165) is 5.92 Å². The van der Waals surface area contributed by atoms with Gasteiger partial charge in [-0.2, -0.15) is 0 Å². The van der Waals surface area contributed by atoms with Gasteiger partial charge in [-0.15, -0.1) is 0 Å². The minimum absolute atomic E-state index is 0.438. The van der Waals surface area contributed by atoms with E-state index in [2.05, 4.69) is 26.2 Å². The van der Waals surface area contributed by atoms with Crippen molar-refractivity contribution in [3.05, 3.63) is 0 Å². The van der Waals surface area contributed by atoms with E-state index in [4.69, 9.17) is 0 Å². The fraction of sp³-hybridized carbons (Fsp3) is 1.00. The zero-order valence-corrected chi connectivity index (χ0v) is 8.11. The molecule has 1 nitrogen and oxygen atoms in total. The van der Waals surface area contributed by atoms with Gasteiger partial charge in [-0.3, -0.25) is 0 Å². The lowest BCUT2D eigenvalue weighted by atomic mass is 9.73. The molecule has 0 aromatic heterocycles. The Balaban J connectivity index is 2.57. The van der Waals surface area contributed by atoms with Crippen LogP contribution >= 0.6 is 0 Å². The first-order chi connectivity index (χ1) is 5.23. The molecule has 1 heteroatoms. The van der Waals surface area contributed by atoms with Crippen LogP contribution in [0.1, 0.15) is 46.0 Å². The third kappa shape index (κ3) is 1.76. The summed E-state index contributed by atoms with van der Waals surface area (Å²) in [7, 11) is 2.11. The Morgan fingerprint density at radius 2 is 2.18 bits per heavy atom. The van der Waals surface area contributed by atoms with Crippen molar-refractivity contribution in [3.63, 3.8) is 0 Å². The standard InChI is InChI=1S/C10H21N/c1-4-9-7-5-6-8-10(9,2)11-3/h9,11H,4-8H2,1-3H3. The molecule has 0 saturated heterocycles. The fourth-order valence-electron chi connectivity index (χ4n) is 2.39. The Morgan fingerprint density at radius 1 is 1.45 bits per heavy atom. The summed E-state index contributed by atoms with van der Waals surface area (Å²) in [5.74, 6) is 0.904. The van der Waals surface area contributed by atoms with Crippen molar-refractivity contribution >= 4 is 0 Å². The van der Waals surface area contributed by atoms with E-state index in [9.17, 15) is 0 Å². The van der Waals surface area contributed by atoms with Gasteiger partial charge in [0.1, 0.15) is 0 Å². The molecule has 66 valence electrons. The summed E-state index contributed by atoms with van der Waals surface area (Å²) in [6, 6.07) is 0. The first-order valence-corrected chi connectivity index (χ1v) is 4.92. The van der Waals surface area contributed by atoms with E-state index < -0.39 is 0 Å². The highest BCUT2D eigenvalue weighted by Gasteiger charge is 2.33. The maximum atomic E-state index is 3.48. The molecule has 0 spiro atoms. The van der Waals surface area contributed by atoms with Gasteiger partial charge < -0.3 is 5.32 Å². The first kappa shape index (κ1) is 9.05. The molecule has 0 aromatic rings. The topological polar surface area (TPSA) is 12.0 Å². The molecule has 1 rings (SSSR count). The van der Waals surface area contributed by atoms with Gasteiger partial charge in [-0.1, -0.05) is 26.2 Å².